The fourth-order valence-electron chi connectivity index (χ4n) is 3.61. The van der Waals surface area contributed by atoms with Crippen molar-refractivity contribution < 1.29 is 4.92 Å². The monoisotopic (exact) mass is 365 g/mol. The lowest BCUT2D eigenvalue weighted by Crippen LogP contribution is -1.94. The molecule has 2 heterocycles. The van der Waals surface area contributed by atoms with Crippen LogP contribution in [-0.2, 0) is 0 Å². The van der Waals surface area contributed by atoms with Crippen LogP contribution < -0.4 is 0 Å². The molecule has 0 saturated carbocycles. The maximum Gasteiger partial charge on any atom is 0.295 e. The maximum atomic E-state index is 11.3. The van der Waals surface area contributed by atoms with E-state index in [9.17, 15) is 10.1 Å². The Bertz CT molecular complexity index is 1350. The number of fused-ring (bicyclic) bond motifs is 2. The standard InChI is InChI=1S/C23H15N3O2/c27-26(28)22-6-3-12-24-23(22)19-8-10-21-18(14-19)11-13-25(21)20-9-7-16-4-1-2-5-17(16)15-20/h1-15H. The summed E-state index contributed by atoms with van der Waals surface area (Å²) in [6.45, 7) is 0. The van der Waals surface area contributed by atoms with E-state index in [4.69, 9.17) is 0 Å². The van der Waals surface area contributed by atoms with Crippen molar-refractivity contribution in [3.8, 4) is 16.9 Å². The molecule has 5 aromatic rings. The summed E-state index contributed by atoms with van der Waals surface area (Å²) in [7, 11) is 0. The summed E-state index contributed by atoms with van der Waals surface area (Å²) in [6, 6.07) is 25.5. The number of aromatic nitrogens is 2. The molecule has 3 aromatic carbocycles. The number of hydrogen-bond acceptors (Lipinski definition) is 3. The Morgan fingerprint density at radius 3 is 2.54 bits per heavy atom. The zero-order valence-electron chi connectivity index (χ0n) is 14.8. The van der Waals surface area contributed by atoms with Gasteiger partial charge in [0, 0.05) is 35.1 Å². The van der Waals surface area contributed by atoms with Gasteiger partial charge in [-0.15, -0.1) is 0 Å². The van der Waals surface area contributed by atoms with Crippen LogP contribution in [0.3, 0.4) is 0 Å². The van der Waals surface area contributed by atoms with Crippen LogP contribution in [0.25, 0.3) is 38.6 Å². The molecule has 0 amide bonds. The molecule has 0 spiro atoms. The maximum absolute atomic E-state index is 11.3. The topological polar surface area (TPSA) is 61.0 Å². The second kappa shape index (κ2) is 6.32. The summed E-state index contributed by atoms with van der Waals surface area (Å²) in [4.78, 5) is 15.1. The van der Waals surface area contributed by atoms with Crippen LogP contribution in [0.1, 0.15) is 0 Å². The Hall–Kier alpha value is -3.99. The van der Waals surface area contributed by atoms with Crippen LogP contribution in [0, 0.1) is 10.1 Å². The smallest absolute Gasteiger partial charge is 0.295 e. The molecule has 0 aliphatic heterocycles. The Morgan fingerprint density at radius 1 is 0.821 bits per heavy atom. The molecular weight excluding hydrogens is 350 g/mol. The van der Waals surface area contributed by atoms with Gasteiger partial charge in [0.15, 0.2) is 0 Å². The zero-order valence-corrected chi connectivity index (χ0v) is 14.8. The number of nitro groups is 1. The van der Waals surface area contributed by atoms with Crippen molar-refractivity contribution in [1.82, 2.24) is 9.55 Å². The third-order valence-corrected chi connectivity index (χ3v) is 4.96. The Labute approximate surface area is 160 Å². The summed E-state index contributed by atoms with van der Waals surface area (Å²) in [5, 5.41) is 14.7. The second-order valence-electron chi connectivity index (χ2n) is 6.62. The summed E-state index contributed by atoms with van der Waals surface area (Å²) >= 11 is 0. The van der Waals surface area contributed by atoms with Gasteiger partial charge >= 0.3 is 0 Å². The van der Waals surface area contributed by atoms with E-state index in [0.29, 0.717) is 5.69 Å². The molecule has 0 unspecified atom stereocenters. The summed E-state index contributed by atoms with van der Waals surface area (Å²) in [5.74, 6) is 0. The van der Waals surface area contributed by atoms with Gasteiger partial charge in [-0.2, -0.15) is 0 Å². The van der Waals surface area contributed by atoms with E-state index in [1.54, 1.807) is 12.3 Å². The summed E-state index contributed by atoms with van der Waals surface area (Å²) < 4.78 is 2.12. The van der Waals surface area contributed by atoms with Gasteiger partial charge in [0.25, 0.3) is 5.69 Å². The average Bonchev–Trinajstić information content (AvgIpc) is 3.16. The van der Waals surface area contributed by atoms with E-state index in [1.165, 1.54) is 16.8 Å². The molecule has 5 heteroatoms. The largest absolute Gasteiger partial charge is 0.317 e. The lowest BCUT2D eigenvalue weighted by Gasteiger charge is -2.08. The first-order chi connectivity index (χ1) is 13.7. The molecule has 0 bridgehead atoms. The molecule has 5 nitrogen and oxygen atoms in total. The predicted octanol–water partition coefficient (Wildman–Crippen LogP) is 5.75. The predicted molar refractivity (Wildman–Crippen MR) is 111 cm³/mol. The highest BCUT2D eigenvalue weighted by Crippen LogP contribution is 2.31. The van der Waals surface area contributed by atoms with Crippen molar-refractivity contribution in [3.63, 3.8) is 0 Å². The van der Waals surface area contributed by atoms with Crippen molar-refractivity contribution in [2.24, 2.45) is 0 Å². The molecular formula is C23H15N3O2. The average molecular weight is 365 g/mol. The normalized spacial score (nSPS) is 11.1. The molecule has 0 aliphatic rings. The van der Waals surface area contributed by atoms with Gasteiger partial charge in [-0.3, -0.25) is 10.1 Å². The quantitative estimate of drug-likeness (QED) is 0.302. The van der Waals surface area contributed by atoms with Gasteiger partial charge in [-0.05, 0) is 47.2 Å². The van der Waals surface area contributed by atoms with Gasteiger partial charge in [0.05, 0.1) is 10.4 Å². The van der Waals surface area contributed by atoms with Crippen molar-refractivity contribution >= 4 is 27.4 Å². The lowest BCUT2D eigenvalue weighted by atomic mass is 10.1. The highest BCUT2D eigenvalue weighted by Gasteiger charge is 2.16. The fourth-order valence-corrected chi connectivity index (χ4v) is 3.61. The first kappa shape index (κ1) is 16.2. The Kier molecular flexibility index (Phi) is 3.66. The molecule has 5 rings (SSSR count). The van der Waals surface area contributed by atoms with E-state index < -0.39 is 4.92 Å². The molecule has 0 aliphatic carbocycles. The van der Waals surface area contributed by atoms with Crippen LogP contribution in [0.5, 0.6) is 0 Å². The summed E-state index contributed by atoms with van der Waals surface area (Å²) in [6.07, 6.45) is 3.60. The number of nitrogens with zero attached hydrogens (tertiary/aromatic N) is 3. The number of hydrogen-bond donors (Lipinski definition) is 0. The van der Waals surface area contributed by atoms with Crippen LogP contribution in [0.4, 0.5) is 5.69 Å². The lowest BCUT2D eigenvalue weighted by molar-refractivity contribution is -0.384. The van der Waals surface area contributed by atoms with Crippen LogP contribution in [0.2, 0.25) is 0 Å². The first-order valence-electron chi connectivity index (χ1n) is 8.91. The minimum Gasteiger partial charge on any atom is -0.317 e. The van der Waals surface area contributed by atoms with E-state index in [0.717, 1.165) is 22.2 Å². The van der Waals surface area contributed by atoms with Crippen LogP contribution in [0.15, 0.2) is 91.3 Å². The second-order valence-corrected chi connectivity index (χ2v) is 6.62. The number of pyridine rings is 1. The number of benzene rings is 3. The molecule has 0 atom stereocenters. The molecule has 0 fully saturated rings. The molecule has 0 N–H and O–H groups in total. The van der Waals surface area contributed by atoms with Crippen LogP contribution >= 0.6 is 0 Å². The Balaban J connectivity index is 1.63. The van der Waals surface area contributed by atoms with Gasteiger partial charge in [-0.1, -0.05) is 36.4 Å². The third-order valence-electron chi connectivity index (χ3n) is 4.96. The van der Waals surface area contributed by atoms with E-state index in [1.807, 2.05) is 42.6 Å². The first-order valence-corrected chi connectivity index (χ1v) is 8.91. The third kappa shape index (κ3) is 2.61. The van der Waals surface area contributed by atoms with E-state index in [2.05, 4.69) is 39.9 Å². The van der Waals surface area contributed by atoms with Gasteiger partial charge in [0.1, 0.15) is 5.69 Å². The van der Waals surface area contributed by atoms with E-state index >= 15 is 0 Å². The minimum atomic E-state index is -0.396. The molecule has 2 aromatic heterocycles. The number of rotatable bonds is 3. The highest BCUT2D eigenvalue weighted by atomic mass is 16.6. The van der Waals surface area contributed by atoms with Crippen molar-refractivity contribution in [3.05, 3.63) is 101 Å². The zero-order chi connectivity index (χ0) is 19.1. The van der Waals surface area contributed by atoms with Gasteiger partial charge < -0.3 is 4.57 Å². The van der Waals surface area contributed by atoms with E-state index in [-0.39, 0.29) is 5.69 Å². The summed E-state index contributed by atoms with van der Waals surface area (Å²) in [5.41, 5.74) is 3.24. The molecule has 0 radical (unpaired) electrons. The minimum absolute atomic E-state index is 0.0100. The van der Waals surface area contributed by atoms with Crippen molar-refractivity contribution in [2.45, 2.75) is 0 Å². The van der Waals surface area contributed by atoms with Crippen molar-refractivity contribution in [2.75, 3.05) is 0 Å². The van der Waals surface area contributed by atoms with Gasteiger partial charge in [0.2, 0.25) is 0 Å². The molecule has 28 heavy (non-hydrogen) atoms. The Morgan fingerprint density at radius 2 is 1.68 bits per heavy atom. The van der Waals surface area contributed by atoms with Crippen molar-refractivity contribution in [1.29, 1.82) is 0 Å². The van der Waals surface area contributed by atoms with Crippen LogP contribution in [-0.4, -0.2) is 14.5 Å². The SMILES string of the molecule is O=[N+]([O-])c1cccnc1-c1ccc2c(ccn2-c2ccc3ccccc3c2)c1. The molecule has 0 saturated heterocycles. The molecule has 134 valence electrons. The fraction of sp³-hybridized carbons (Fsp3) is 0. The highest BCUT2D eigenvalue weighted by molar-refractivity contribution is 5.89. The van der Waals surface area contributed by atoms with Gasteiger partial charge in [-0.25, -0.2) is 4.98 Å².